The van der Waals surface area contributed by atoms with Gasteiger partial charge in [0.2, 0.25) is 5.91 Å². The summed E-state index contributed by atoms with van der Waals surface area (Å²) in [6.07, 6.45) is 7.89. The Morgan fingerprint density at radius 2 is 2.39 bits per heavy atom. The summed E-state index contributed by atoms with van der Waals surface area (Å²) in [4.78, 5) is 14.8. The highest BCUT2D eigenvalue weighted by molar-refractivity contribution is 5.82. The van der Waals surface area contributed by atoms with Gasteiger partial charge >= 0.3 is 0 Å². The normalized spacial score (nSPS) is 27.7. The van der Waals surface area contributed by atoms with Gasteiger partial charge in [0, 0.05) is 12.7 Å². The fourth-order valence-electron chi connectivity index (χ4n) is 3.46. The zero-order valence-corrected chi connectivity index (χ0v) is 12.8. The molecule has 0 spiro atoms. The lowest BCUT2D eigenvalue weighted by atomic mass is 10.1. The molecule has 0 aliphatic carbocycles. The van der Waals surface area contributed by atoms with Gasteiger partial charge in [0.05, 0.1) is 31.1 Å². The quantitative estimate of drug-likeness (QED) is 0.852. The Labute approximate surface area is 133 Å². The number of carbonyl (C=O) groups excluding carboxylic acids is 1. The molecule has 0 saturated carbocycles. The van der Waals surface area contributed by atoms with E-state index in [9.17, 15) is 4.79 Å². The van der Waals surface area contributed by atoms with Gasteiger partial charge in [0.15, 0.2) is 0 Å². The molecule has 8 heteroatoms. The van der Waals surface area contributed by atoms with Crippen molar-refractivity contribution in [1.82, 2.24) is 30.7 Å². The molecular weight excluding hydrogens is 296 g/mol. The Morgan fingerprint density at radius 3 is 3.17 bits per heavy atom. The first-order valence-electron chi connectivity index (χ1n) is 8.00. The van der Waals surface area contributed by atoms with E-state index < -0.39 is 0 Å². The third-order valence-corrected chi connectivity index (χ3v) is 4.62. The van der Waals surface area contributed by atoms with Crippen LogP contribution in [0.4, 0.5) is 0 Å². The van der Waals surface area contributed by atoms with E-state index >= 15 is 0 Å². The Balaban J connectivity index is 1.40. The molecule has 0 aromatic carbocycles. The molecule has 2 aromatic heterocycles. The van der Waals surface area contributed by atoms with Crippen LogP contribution in [0, 0.1) is 0 Å². The van der Waals surface area contributed by atoms with Crippen LogP contribution in [0.1, 0.15) is 31.1 Å². The lowest BCUT2D eigenvalue weighted by molar-refractivity contribution is -0.134. The number of nitrogens with zero attached hydrogens (tertiary/aromatic N) is 4. The number of hydrogen-bond donors (Lipinski definition) is 2. The number of hydrogen-bond acceptors (Lipinski definition) is 6. The highest BCUT2D eigenvalue weighted by atomic mass is 16.3. The van der Waals surface area contributed by atoms with Gasteiger partial charge in [-0.15, -0.1) is 5.10 Å². The van der Waals surface area contributed by atoms with Gasteiger partial charge in [-0.3, -0.25) is 9.48 Å². The number of furan rings is 1. The number of rotatable bonds is 4. The lowest BCUT2D eigenvalue weighted by Crippen LogP contribution is -2.48. The van der Waals surface area contributed by atoms with Crippen molar-refractivity contribution in [2.45, 2.75) is 43.9 Å². The molecule has 2 aliphatic rings. The minimum absolute atomic E-state index is 0.0373. The van der Waals surface area contributed by atoms with Crippen LogP contribution >= 0.6 is 0 Å². The predicted molar refractivity (Wildman–Crippen MR) is 80.9 cm³/mol. The summed E-state index contributed by atoms with van der Waals surface area (Å²) in [6.45, 7) is 1.51. The maximum Gasteiger partial charge on any atom is 0.241 e. The lowest BCUT2D eigenvalue weighted by Gasteiger charge is -2.27. The van der Waals surface area contributed by atoms with Crippen LogP contribution in [0.3, 0.4) is 0 Å². The molecule has 2 fully saturated rings. The van der Waals surface area contributed by atoms with Crippen LogP contribution in [0.5, 0.6) is 0 Å². The molecule has 8 nitrogen and oxygen atoms in total. The van der Waals surface area contributed by atoms with Crippen molar-refractivity contribution in [3.05, 3.63) is 36.5 Å². The average molecular weight is 316 g/mol. The van der Waals surface area contributed by atoms with Gasteiger partial charge in [-0.1, -0.05) is 5.21 Å². The first-order valence-corrected chi connectivity index (χ1v) is 8.00. The second kappa shape index (κ2) is 6.13. The van der Waals surface area contributed by atoms with Crippen LogP contribution in [-0.2, 0) is 11.3 Å². The van der Waals surface area contributed by atoms with Gasteiger partial charge in [-0.05, 0) is 31.4 Å². The Hall–Kier alpha value is -2.19. The first kappa shape index (κ1) is 14.4. The summed E-state index contributed by atoms with van der Waals surface area (Å²) in [7, 11) is 0. The minimum atomic E-state index is -0.221. The van der Waals surface area contributed by atoms with Gasteiger partial charge in [0.1, 0.15) is 11.8 Å². The summed E-state index contributed by atoms with van der Waals surface area (Å²) in [5.41, 5.74) is 6.27. The van der Waals surface area contributed by atoms with E-state index in [4.69, 9.17) is 4.42 Å². The molecule has 1 amide bonds. The number of carbonyl (C=O) groups is 1. The highest BCUT2D eigenvalue weighted by Gasteiger charge is 2.38. The molecule has 2 saturated heterocycles. The number of aromatic nitrogens is 3. The Morgan fingerprint density at radius 1 is 1.43 bits per heavy atom. The minimum Gasteiger partial charge on any atom is -0.468 e. The molecule has 4 rings (SSSR count). The summed E-state index contributed by atoms with van der Waals surface area (Å²) in [6, 6.07) is 3.79. The third kappa shape index (κ3) is 2.87. The first-order chi connectivity index (χ1) is 11.3. The number of likely N-dealkylation sites (tertiary alicyclic amines) is 1. The monoisotopic (exact) mass is 316 g/mol. The van der Waals surface area contributed by atoms with Crippen LogP contribution < -0.4 is 10.9 Å². The zero-order valence-electron chi connectivity index (χ0n) is 12.8. The summed E-state index contributed by atoms with van der Waals surface area (Å²) < 4.78 is 7.21. The van der Waals surface area contributed by atoms with Crippen LogP contribution in [0.2, 0.25) is 0 Å². The van der Waals surface area contributed by atoms with E-state index in [1.54, 1.807) is 17.1 Å². The summed E-state index contributed by atoms with van der Waals surface area (Å²) in [5, 5.41) is 7.83. The van der Waals surface area contributed by atoms with Crippen molar-refractivity contribution in [3.63, 3.8) is 0 Å². The Kier molecular flexibility index (Phi) is 3.84. The largest absolute Gasteiger partial charge is 0.468 e. The SMILES string of the molecule is O=C(C1CC(c2ccco2)NN1)N1CCC[C@H]1Cn1ccnn1. The van der Waals surface area contributed by atoms with Crippen LogP contribution in [-0.4, -0.2) is 44.4 Å². The van der Waals surface area contributed by atoms with Gasteiger partial charge in [0.25, 0.3) is 0 Å². The predicted octanol–water partition coefficient (Wildman–Crippen LogP) is 0.470. The smallest absolute Gasteiger partial charge is 0.241 e. The molecule has 122 valence electrons. The van der Waals surface area contributed by atoms with Crippen molar-refractivity contribution in [2.24, 2.45) is 0 Å². The fraction of sp³-hybridized carbons (Fsp3) is 0.533. The van der Waals surface area contributed by atoms with Crippen LogP contribution in [0.15, 0.2) is 35.2 Å². The van der Waals surface area contributed by atoms with Gasteiger partial charge < -0.3 is 9.32 Å². The average Bonchev–Trinajstić information content (AvgIpc) is 3.33. The molecule has 2 unspecified atom stereocenters. The molecule has 2 aliphatic heterocycles. The van der Waals surface area contributed by atoms with Crippen molar-refractivity contribution in [3.8, 4) is 0 Å². The summed E-state index contributed by atoms with van der Waals surface area (Å²) in [5.74, 6) is 1.00. The zero-order chi connectivity index (χ0) is 15.6. The van der Waals surface area contributed by atoms with Gasteiger partial charge in [-0.2, -0.15) is 0 Å². The maximum atomic E-state index is 12.8. The molecular formula is C15H20N6O2. The van der Waals surface area contributed by atoms with Crippen molar-refractivity contribution in [2.75, 3.05) is 6.54 Å². The maximum absolute atomic E-state index is 12.8. The van der Waals surface area contributed by atoms with E-state index in [-0.39, 0.29) is 24.0 Å². The van der Waals surface area contributed by atoms with E-state index in [1.165, 1.54) is 0 Å². The second-order valence-corrected chi connectivity index (χ2v) is 6.10. The third-order valence-electron chi connectivity index (χ3n) is 4.62. The number of amides is 1. The van der Waals surface area contributed by atoms with Crippen LogP contribution in [0.25, 0.3) is 0 Å². The van der Waals surface area contributed by atoms with E-state index in [0.29, 0.717) is 13.0 Å². The molecule has 23 heavy (non-hydrogen) atoms. The Bertz CT molecular complexity index is 641. The summed E-state index contributed by atoms with van der Waals surface area (Å²) >= 11 is 0. The van der Waals surface area contributed by atoms with Gasteiger partial charge in [-0.25, -0.2) is 10.9 Å². The molecule has 2 aromatic rings. The van der Waals surface area contributed by atoms with E-state index in [0.717, 1.165) is 25.1 Å². The molecule has 3 atom stereocenters. The van der Waals surface area contributed by atoms with E-state index in [1.807, 2.05) is 23.2 Å². The fourth-order valence-corrected chi connectivity index (χ4v) is 3.46. The molecule has 4 heterocycles. The second-order valence-electron chi connectivity index (χ2n) is 6.10. The number of nitrogens with one attached hydrogen (secondary N) is 2. The number of hydrazine groups is 1. The molecule has 2 N–H and O–H groups in total. The van der Waals surface area contributed by atoms with E-state index in [2.05, 4.69) is 21.2 Å². The van der Waals surface area contributed by atoms with Crippen molar-refractivity contribution in [1.29, 1.82) is 0 Å². The van der Waals surface area contributed by atoms with Crippen molar-refractivity contribution < 1.29 is 9.21 Å². The molecule has 0 bridgehead atoms. The topological polar surface area (TPSA) is 88.2 Å². The standard InChI is InChI=1S/C15H20N6O2/c22-15(13-9-12(17-18-13)14-4-2-8-23-14)21-6-1-3-11(21)10-20-7-5-16-19-20/h2,4-5,7-8,11-13,17-18H,1,3,6,9-10H2/t11-,12?,13?/m0/s1. The van der Waals surface area contributed by atoms with Crippen molar-refractivity contribution >= 4 is 5.91 Å². The highest BCUT2D eigenvalue weighted by Crippen LogP contribution is 2.26. The molecule has 0 radical (unpaired) electrons.